The molecule has 1 atom stereocenters. The molecule has 0 aliphatic carbocycles. The zero-order valence-corrected chi connectivity index (χ0v) is 12.9. The van der Waals surface area contributed by atoms with Crippen LogP contribution in [0.4, 0.5) is 5.82 Å². The predicted molar refractivity (Wildman–Crippen MR) is 83.4 cm³/mol. The van der Waals surface area contributed by atoms with Crippen molar-refractivity contribution in [3.63, 3.8) is 0 Å². The quantitative estimate of drug-likeness (QED) is 0.867. The maximum atomic E-state index is 5.43. The molecule has 0 aromatic carbocycles. The Balaban J connectivity index is 1.92. The summed E-state index contributed by atoms with van der Waals surface area (Å²) in [6.07, 6.45) is 4.38. The maximum absolute atomic E-state index is 5.43. The molecule has 1 N–H and O–H groups in total. The number of rotatable bonds is 6. The van der Waals surface area contributed by atoms with Crippen LogP contribution < -0.4 is 15.0 Å². The largest absolute Gasteiger partial charge is 0.493 e. The molecular formula is C16H27N3O. The maximum Gasteiger partial charge on any atom is 0.171 e. The van der Waals surface area contributed by atoms with Gasteiger partial charge in [-0.3, -0.25) is 0 Å². The summed E-state index contributed by atoms with van der Waals surface area (Å²) in [5, 5.41) is 3.58. The summed E-state index contributed by atoms with van der Waals surface area (Å²) in [5.74, 6) is 3.28. The summed E-state index contributed by atoms with van der Waals surface area (Å²) in [6.45, 7) is 8.84. The predicted octanol–water partition coefficient (Wildman–Crippen LogP) is 2.55. The van der Waals surface area contributed by atoms with E-state index in [1.165, 1.54) is 12.8 Å². The topological polar surface area (TPSA) is 37.4 Å². The Morgan fingerprint density at radius 1 is 1.50 bits per heavy atom. The van der Waals surface area contributed by atoms with Gasteiger partial charge in [-0.1, -0.05) is 13.8 Å². The van der Waals surface area contributed by atoms with Gasteiger partial charge in [0.05, 0.1) is 7.11 Å². The molecule has 4 heteroatoms. The third-order valence-corrected chi connectivity index (χ3v) is 3.77. The highest BCUT2D eigenvalue weighted by molar-refractivity contribution is 5.52. The van der Waals surface area contributed by atoms with Crippen LogP contribution >= 0.6 is 0 Å². The van der Waals surface area contributed by atoms with E-state index in [-0.39, 0.29) is 0 Å². The third kappa shape index (κ3) is 4.10. The van der Waals surface area contributed by atoms with Crippen molar-refractivity contribution in [2.75, 3.05) is 38.2 Å². The van der Waals surface area contributed by atoms with Crippen molar-refractivity contribution in [3.8, 4) is 5.75 Å². The van der Waals surface area contributed by atoms with E-state index < -0.39 is 0 Å². The van der Waals surface area contributed by atoms with Crippen molar-refractivity contribution in [2.45, 2.75) is 26.7 Å². The zero-order valence-electron chi connectivity index (χ0n) is 12.9. The minimum Gasteiger partial charge on any atom is -0.493 e. The summed E-state index contributed by atoms with van der Waals surface area (Å²) < 4.78 is 5.43. The molecule has 1 aliphatic heterocycles. The number of anilines is 1. The first-order valence-corrected chi connectivity index (χ1v) is 7.65. The van der Waals surface area contributed by atoms with Gasteiger partial charge in [-0.05, 0) is 49.9 Å². The van der Waals surface area contributed by atoms with Gasteiger partial charge in [-0.2, -0.15) is 0 Å². The Morgan fingerprint density at radius 3 is 3.10 bits per heavy atom. The van der Waals surface area contributed by atoms with Crippen LogP contribution in [0.25, 0.3) is 0 Å². The number of piperidine rings is 1. The second-order valence-electron chi connectivity index (χ2n) is 6.04. The van der Waals surface area contributed by atoms with Crippen LogP contribution in [0.15, 0.2) is 18.3 Å². The molecule has 112 valence electrons. The number of hydrogen-bond donors (Lipinski definition) is 1. The van der Waals surface area contributed by atoms with Gasteiger partial charge in [0.2, 0.25) is 0 Å². The number of nitrogens with one attached hydrogen (secondary N) is 1. The standard InChI is InChI=1S/C16H27N3O/c1-13(2)10-17-11-14-6-5-9-19(12-14)16-15(20-3)7-4-8-18-16/h4,7-8,13-14,17H,5-6,9-12H2,1-3H3. The lowest BCUT2D eigenvalue weighted by Crippen LogP contribution is -2.40. The van der Waals surface area contributed by atoms with Crippen molar-refractivity contribution in [1.29, 1.82) is 0 Å². The Kier molecular flexibility index (Phi) is 5.65. The highest BCUT2D eigenvalue weighted by Crippen LogP contribution is 2.28. The number of ether oxygens (including phenoxy) is 1. The molecule has 20 heavy (non-hydrogen) atoms. The molecule has 0 saturated carbocycles. The molecule has 1 saturated heterocycles. The van der Waals surface area contributed by atoms with Crippen molar-refractivity contribution < 1.29 is 4.74 Å². The van der Waals surface area contributed by atoms with E-state index in [0.29, 0.717) is 11.8 Å². The highest BCUT2D eigenvalue weighted by Gasteiger charge is 2.22. The lowest BCUT2D eigenvalue weighted by Gasteiger charge is -2.34. The lowest BCUT2D eigenvalue weighted by atomic mass is 9.97. The minimum atomic E-state index is 0.703. The van der Waals surface area contributed by atoms with Gasteiger partial charge < -0.3 is 15.0 Å². The van der Waals surface area contributed by atoms with Crippen LogP contribution in [0, 0.1) is 11.8 Å². The van der Waals surface area contributed by atoms with Crippen LogP contribution in [0.1, 0.15) is 26.7 Å². The van der Waals surface area contributed by atoms with Gasteiger partial charge in [0.1, 0.15) is 0 Å². The second kappa shape index (κ2) is 7.48. The van der Waals surface area contributed by atoms with Gasteiger partial charge in [0.15, 0.2) is 11.6 Å². The molecule has 1 aromatic heterocycles. The summed E-state index contributed by atoms with van der Waals surface area (Å²) in [6, 6.07) is 3.91. The summed E-state index contributed by atoms with van der Waals surface area (Å²) >= 11 is 0. The van der Waals surface area contributed by atoms with Gasteiger partial charge in [0, 0.05) is 19.3 Å². The monoisotopic (exact) mass is 277 g/mol. The van der Waals surface area contributed by atoms with E-state index in [1.807, 2.05) is 18.3 Å². The normalized spacial score (nSPS) is 19.4. The lowest BCUT2D eigenvalue weighted by molar-refractivity contribution is 0.373. The van der Waals surface area contributed by atoms with Crippen LogP contribution in [-0.2, 0) is 0 Å². The van der Waals surface area contributed by atoms with Crippen molar-refractivity contribution in [2.24, 2.45) is 11.8 Å². The summed E-state index contributed by atoms with van der Waals surface area (Å²) in [4.78, 5) is 6.86. The first-order valence-electron chi connectivity index (χ1n) is 7.65. The van der Waals surface area contributed by atoms with E-state index in [4.69, 9.17) is 4.74 Å². The average Bonchev–Trinajstić information content (AvgIpc) is 2.47. The Morgan fingerprint density at radius 2 is 2.35 bits per heavy atom. The van der Waals surface area contributed by atoms with Gasteiger partial charge in [-0.15, -0.1) is 0 Å². The number of nitrogens with zero attached hydrogens (tertiary/aromatic N) is 2. The molecule has 4 nitrogen and oxygen atoms in total. The van der Waals surface area contributed by atoms with E-state index >= 15 is 0 Å². The number of aromatic nitrogens is 1. The first-order chi connectivity index (χ1) is 9.70. The van der Waals surface area contributed by atoms with Crippen LogP contribution in [-0.4, -0.2) is 38.3 Å². The van der Waals surface area contributed by atoms with E-state index in [2.05, 4.69) is 29.0 Å². The molecule has 0 bridgehead atoms. The fourth-order valence-electron chi connectivity index (χ4n) is 2.78. The molecule has 0 radical (unpaired) electrons. The summed E-state index contributed by atoms with van der Waals surface area (Å²) in [7, 11) is 1.71. The Labute approximate surface area is 122 Å². The van der Waals surface area contributed by atoms with Crippen molar-refractivity contribution >= 4 is 5.82 Å². The van der Waals surface area contributed by atoms with Gasteiger partial charge in [-0.25, -0.2) is 4.98 Å². The SMILES string of the molecule is COc1cccnc1N1CCCC(CNCC(C)C)C1. The second-order valence-corrected chi connectivity index (χ2v) is 6.04. The number of methoxy groups -OCH3 is 1. The fourth-order valence-corrected chi connectivity index (χ4v) is 2.78. The molecular weight excluding hydrogens is 250 g/mol. The Hall–Kier alpha value is -1.29. The molecule has 1 aromatic rings. The van der Waals surface area contributed by atoms with E-state index in [0.717, 1.165) is 37.7 Å². The van der Waals surface area contributed by atoms with Gasteiger partial charge >= 0.3 is 0 Å². The Bertz CT molecular complexity index is 408. The molecule has 2 rings (SSSR count). The first kappa shape index (κ1) is 15.1. The average molecular weight is 277 g/mol. The summed E-state index contributed by atoms with van der Waals surface area (Å²) in [5.41, 5.74) is 0. The fraction of sp³-hybridized carbons (Fsp3) is 0.688. The molecule has 2 heterocycles. The van der Waals surface area contributed by atoms with E-state index in [9.17, 15) is 0 Å². The van der Waals surface area contributed by atoms with Crippen molar-refractivity contribution in [3.05, 3.63) is 18.3 Å². The third-order valence-electron chi connectivity index (χ3n) is 3.77. The number of pyridine rings is 1. The molecule has 1 unspecified atom stereocenters. The van der Waals surface area contributed by atoms with Crippen LogP contribution in [0.3, 0.4) is 0 Å². The zero-order chi connectivity index (χ0) is 14.4. The molecule has 0 spiro atoms. The van der Waals surface area contributed by atoms with Crippen LogP contribution in [0.2, 0.25) is 0 Å². The smallest absolute Gasteiger partial charge is 0.171 e. The highest BCUT2D eigenvalue weighted by atomic mass is 16.5. The van der Waals surface area contributed by atoms with Gasteiger partial charge in [0.25, 0.3) is 0 Å². The molecule has 1 aliphatic rings. The molecule has 1 fully saturated rings. The van der Waals surface area contributed by atoms with E-state index in [1.54, 1.807) is 7.11 Å². The molecule has 0 amide bonds. The van der Waals surface area contributed by atoms with Crippen LogP contribution in [0.5, 0.6) is 5.75 Å². The number of hydrogen-bond acceptors (Lipinski definition) is 4. The van der Waals surface area contributed by atoms with Crippen molar-refractivity contribution in [1.82, 2.24) is 10.3 Å². The minimum absolute atomic E-state index is 0.703.